The lowest BCUT2D eigenvalue weighted by molar-refractivity contribution is 0.525. The molecule has 0 aromatic heterocycles. The third-order valence-electron chi connectivity index (χ3n) is 1.33. The van der Waals surface area contributed by atoms with Crippen LogP contribution in [0.15, 0.2) is 0 Å². The second-order valence-electron chi connectivity index (χ2n) is 2.01. The van der Waals surface area contributed by atoms with E-state index < -0.39 is 0 Å². The molecular formula is C6H16N2. The largest absolute Gasteiger partial charge is 0.329 e. The molecule has 2 nitrogen and oxygen atoms in total. The first-order chi connectivity index (χ1) is 3.85. The fourth-order valence-electron chi connectivity index (χ4n) is 0.729. The van der Waals surface area contributed by atoms with E-state index in [-0.39, 0.29) is 0 Å². The molecule has 8 heavy (non-hydrogen) atoms. The quantitative estimate of drug-likeness (QED) is 0.555. The van der Waals surface area contributed by atoms with Gasteiger partial charge < -0.3 is 11.1 Å². The molecule has 0 aliphatic rings. The molecule has 0 heterocycles. The van der Waals surface area contributed by atoms with Gasteiger partial charge in [0.1, 0.15) is 0 Å². The van der Waals surface area contributed by atoms with Crippen LogP contribution in [-0.2, 0) is 0 Å². The van der Waals surface area contributed by atoms with E-state index in [1.165, 1.54) is 12.8 Å². The van der Waals surface area contributed by atoms with Crippen molar-refractivity contribution in [3.63, 3.8) is 0 Å². The predicted molar refractivity (Wildman–Crippen MR) is 36.8 cm³/mol. The maximum atomic E-state index is 5.41. The van der Waals surface area contributed by atoms with E-state index in [4.69, 9.17) is 5.73 Å². The Morgan fingerprint density at radius 1 is 1.62 bits per heavy atom. The maximum Gasteiger partial charge on any atom is 0.0187 e. The first-order valence-corrected chi connectivity index (χ1v) is 3.22. The third kappa shape index (κ3) is 2.99. The van der Waals surface area contributed by atoms with Gasteiger partial charge in [-0.3, -0.25) is 0 Å². The van der Waals surface area contributed by atoms with E-state index in [1.54, 1.807) is 0 Å². The van der Waals surface area contributed by atoms with Crippen LogP contribution in [0.3, 0.4) is 0 Å². The summed E-state index contributed by atoms with van der Waals surface area (Å²) in [5, 5.41) is 3.13. The molecule has 0 aromatic carbocycles. The van der Waals surface area contributed by atoms with Crippen LogP contribution < -0.4 is 11.1 Å². The van der Waals surface area contributed by atoms with E-state index in [0.29, 0.717) is 6.04 Å². The van der Waals surface area contributed by atoms with Gasteiger partial charge in [0.25, 0.3) is 0 Å². The lowest BCUT2D eigenvalue weighted by Crippen LogP contribution is -2.32. The predicted octanol–water partition coefficient (Wildman–Crippen LogP) is 0.333. The van der Waals surface area contributed by atoms with Crippen molar-refractivity contribution in [2.75, 3.05) is 13.6 Å². The number of nitrogens with two attached hydrogens (primary N) is 1. The standard InChI is InChI=1S/C6H16N2/c1-3-4-6(5-7)8-2/h6,8H,3-5,7H2,1-2H3. The number of rotatable bonds is 4. The van der Waals surface area contributed by atoms with Crippen molar-refractivity contribution in [1.82, 2.24) is 5.32 Å². The number of hydrogen-bond donors (Lipinski definition) is 2. The summed E-state index contributed by atoms with van der Waals surface area (Å²) in [6, 6.07) is 0.528. The van der Waals surface area contributed by atoms with E-state index >= 15 is 0 Å². The first kappa shape index (κ1) is 7.92. The lowest BCUT2D eigenvalue weighted by Gasteiger charge is -2.10. The van der Waals surface area contributed by atoms with Crippen LogP contribution in [-0.4, -0.2) is 19.6 Å². The average molecular weight is 116 g/mol. The van der Waals surface area contributed by atoms with Crippen molar-refractivity contribution in [2.45, 2.75) is 25.8 Å². The molecule has 0 bridgehead atoms. The van der Waals surface area contributed by atoms with Gasteiger partial charge in [0.2, 0.25) is 0 Å². The second kappa shape index (κ2) is 5.06. The normalized spacial score (nSPS) is 13.9. The second-order valence-corrected chi connectivity index (χ2v) is 2.01. The smallest absolute Gasteiger partial charge is 0.0187 e. The Balaban J connectivity index is 3.07. The molecule has 50 valence electrons. The van der Waals surface area contributed by atoms with E-state index in [9.17, 15) is 0 Å². The Kier molecular flexibility index (Phi) is 5.01. The van der Waals surface area contributed by atoms with Gasteiger partial charge in [0.05, 0.1) is 0 Å². The Morgan fingerprint density at radius 2 is 2.25 bits per heavy atom. The molecule has 0 aliphatic carbocycles. The van der Waals surface area contributed by atoms with Gasteiger partial charge in [-0.15, -0.1) is 0 Å². The van der Waals surface area contributed by atoms with Crippen molar-refractivity contribution in [3.8, 4) is 0 Å². The molecular weight excluding hydrogens is 100 g/mol. The SMILES string of the molecule is CCCC(CN)NC. The molecule has 2 heteroatoms. The van der Waals surface area contributed by atoms with Crippen LogP contribution in [0.5, 0.6) is 0 Å². The molecule has 1 unspecified atom stereocenters. The van der Waals surface area contributed by atoms with Crippen LogP contribution in [0.25, 0.3) is 0 Å². The fraction of sp³-hybridized carbons (Fsp3) is 1.00. The molecule has 0 saturated carbocycles. The summed E-state index contributed by atoms with van der Waals surface area (Å²) in [6.07, 6.45) is 2.40. The Labute approximate surface area is 51.5 Å². The Hall–Kier alpha value is -0.0800. The molecule has 3 N–H and O–H groups in total. The highest BCUT2D eigenvalue weighted by atomic mass is 14.9. The van der Waals surface area contributed by atoms with Gasteiger partial charge >= 0.3 is 0 Å². The molecule has 0 fully saturated rings. The van der Waals surface area contributed by atoms with Gasteiger partial charge in [-0.1, -0.05) is 13.3 Å². The van der Waals surface area contributed by atoms with E-state index in [2.05, 4.69) is 12.2 Å². The monoisotopic (exact) mass is 116 g/mol. The van der Waals surface area contributed by atoms with Gasteiger partial charge in [0, 0.05) is 12.6 Å². The van der Waals surface area contributed by atoms with Crippen molar-refractivity contribution in [3.05, 3.63) is 0 Å². The van der Waals surface area contributed by atoms with Gasteiger partial charge in [0.15, 0.2) is 0 Å². The van der Waals surface area contributed by atoms with Crippen LogP contribution in [0, 0.1) is 0 Å². The van der Waals surface area contributed by atoms with Crippen LogP contribution in [0.2, 0.25) is 0 Å². The van der Waals surface area contributed by atoms with Gasteiger partial charge in [-0.25, -0.2) is 0 Å². The highest BCUT2D eigenvalue weighted by Gasteiger charge is 1.97. The molecule has 0 aromatic rings. The van der Waals surface area contributed by atoms with Gasteiger partial charge in [-0.05, 0) is 13.5 Å². The summed E-state index contributed by atoms with van der Waals surface area (Å²) in [6.45, 7) is 2.92. The lowest BCUT2D eigenvalue weighted by atomic mass is 10.2. The maximum absolute atomic E-state index is 5.41. The van der Waals surface area contributed by atoms with Gasteiger partial charge in [-0.2, -0.15) is 0 Å². The molecule has 0 saturated heterocycles. The zero-order valence-corrected chi connectivity index (χ0v) is 5.78. The number of likely N-dealkylation sites (N-methyl/N-ethyl adjacent to an activating group) is 1. The fourth-order valence-corrected chi connectivity index (χ4v) is 0.729. The Morgan fingerprint density at radius 3 is 2.38 bits per heavy atom. The number of nitrogens with one attached hydrogen (secondary N) is 1. The first-order valence-electron chi connectivity index (χ1n) is 3.22. The van der Waals surface area contributed by atoms with Crippen LogP contribution in [0.4, 0.5) is 0 Å². The van der Waals surface area contributed by atoms with Crippen LogP contribution in [0.1, 0.15) is 19.8 Å². The average Bonchev–Trinajstić information content (AvgIpc) is 1.83. The zero-order chi connectivity index (χ0) is 6.41. The van der Waals surface area contributed by atoms with Crippen molar-refractivity contribution >= 4 is 0 Å². The summed E-state index contributed by atoms with van der Waals surface area (Å²) in [5.41, 5.74) is 5.41. The molecule has 0 amide bonds. The minimum atomic E-state index is 0.528. The minimum absolute atomic E-state index is 0.528. The number of hydrogen-bond acceptors (Lipinski definition) is 2. The summed E-state index contributed by atoms with van der Waals surface area (Å²) < 4.78 is 0. The van der Waals surface area contributed by atoms with Crippen molar-refractivity contribution < 1.29 is 0 Å². The highest BCUT2D eigenvalue weighted by molar-refractivity contribution is 4.62. The highest BCUT2D eigenvalue weighted by Crippen LogP contribution is 1.91. The molecule has 0 aliphatic heterocycles. The molecule has 0 rings (SSSR count). The topological polar surface area (TPSA) is 38.0 Å². The molecule has 1 atom stereocenters. The van der Waals surface area contributed by atoms with Crippen LogP contribution >= 0.6 is 0 Å². The summed E-state index contributed by atoms with van der Waals surface area (Å²) in [7, 11) is 1.95. The summed E-state index contributed by atoms with van der Waals surface area (Å²) in [5.74, 6) is 0. The van der Waals surface area contributed by atoms with Crippen molar-refractivity contribution in [1.29, 1.82) is 0 Å². The summed E-state index contributed by atoms with van der Waals surface area (Å²) in [4.78, 5) is 0. The molecule has 0 spiro atoms. The van der Waals surface area contributed by atoms with E-state index in [1.807, 2.05) is 7.05 Å². The zero-order valence-electron chi connectivity index (χ0n) is 5.78. The third-order valence-corrected chi connectivity index (χ3v) is 1.33. The molecule has 0 radical (unpaired) electrons. The Bertz CT molecular complexity index is 41.8. The minimum Gasteiger partial charge on any atom is -0.329 e. The van der Waals surface area contributed by atoms with E-state index in [0.717, 1.165) is 6.54 Å². The van der Waals surface area contributed by atoms with Crippen molar-refractivity contribution in [2.24, 2.45) is 5.73 Å². The summed E-state index contributed by atoms with van der Waals surface area (Å²) >= 11 is 0.